The van der Waals surface area contributed by atoms with Crippen molar-refractivity contribution in [3.8, 4) is 0 Å². The van der Waals surface area contributed by atoms with Crippen molar-refractivity contribution in [2.24, 2.45) is 0 Å². The number of methoxy groups -OCH3 is 1. The molecule has 0 radical (unpaired) electrons. The van der Waals surface area contributed by atoms with Crippen LogP contribution in [0.4, 0.5) is 0 Å². The van der Waals surface area contributed by atoms with Gasteiger partial charge in [0.1, 0.15) is 0 Å². The molecule has 1 aromatic heterocycles. The third-order valence-corrected chi connectivity index (χ3v) is 3.55. The van der Waals surface area contributed by atoms with Gasteiger partial charge in [-0.1, -0.05) is 30.3 Å². The highest BCUT2D eigenvalue weighted by molar-refractivity contribution is 7.76. The molecule has 0 saturated heterocycles. The number of esters is 1. The standard InChI is InChI=1S/C14H15N3O4S/c1-21-14(18)13-15-7-12(8-16-13)10-17(22(19)20)9-11-5-3-2-4-6-11/h2-8H,9-10H2,1H3,(H,19,20). The molecule has 0 spiro atoms. The highest BCUT2D eigenvalue weighted by Gasteiger charge is 2.14. The average molecular weight is 321 g/mol. The quantitative estimate of drug-likeness (QED) is 0.638. The lowest BCUT2D eigenvalue weighted by Gasteiger charge is -2.17. The first-order chi connectivity index (χ1) is 10.6. The molecule has 0 saturated carbocycles. The molecule has 1 N–H and O–H groups in total. The predicted molar refractivity (Wildman–Crippen MR) is 79.8 cm³/mol. The van der Waals surface area contributed by atoms with E-state index in [-0.39, 0.29) is 12.4 Å². The Balaban J connectivity index is 2.08. The number of carbonyl (C=O) groups is 1. The second-order valence-corrected chi connectivity index (χ2v) is 5.40. The normalized spacial score (nSPS) is 12.1. The minimum absolute atomic E-state index is 0.0500. The van der Waals surface area contributed by atoms with Crippen LogP contribution in [0.3, 0.4) is 0 Å². The molecule has 1 heterocycles. The largest absolute Gasteiger partial charge is 0.463 e. The fourth-order valence-electron chi connectivity index (χ4n) is 1.79. The van der Waals surface area contributed by atoms with E-state index in [0.717, 1.165) is 5.56 Å². The number of rotatable bonds is 6. The first kappa shape index (κ1) is 16.2. The summed E-state index contributed by atoms with van der Waals surface area (Å²) in [6.45, 7) is 0.488. The van der Waals surface area contributed by atoms with Gasteiger partial charge in [-0.15, -0.1) is 0 Å². The van der Waals surface area contributed by atoms with Gasteiger partial charge in [-0.05, 0) is 5.56 Å². The molecule has 116 valence electrons. The Kier molecular flexibility index (Phi) is 5.70. The molecule has 8 heteroatoms. The number of benzene rings is 1. The van der Waals surface area contributed by atoms with Crippen LogP contribution in [0.5, 0.6) is 0 Å². The summed E-state index contributed by atoms with van der Waals surface area (Å²) in [4.78, 5) is 19.0. The van der Waals surface area contributed by atoms with Gasteiger partial charge in [0.05, 0.1) is 7.11 Å². The molecule has 7 nitrogen and oxygen atoms in total. The molecular weight excluding hydrogens is 306 g/mol. The first-order valence-corrected chi connectivity index (χ1v) is 7.45. The van der Waals surface area contributed by atoms with Crippen LogP contribution in [0.1, 0.15) is 21.7 Å². The Morgan fingerprint density at radius 2 is 1.77 bits per heavy atom. The van der Waals surface area contributed by atoms with E-state index in [9.17, 15) is 13.6 Å². The van der Waals surface area contributed by atoms with Crippen molar-refractivity contribution in [3.63, 3.8) is 0 Å². The second kappa shape index (κ2) is 7.74. The third kappa shape index (κ3) is 4.42. The smallest absolute Gasteiger partial charge is 0.376 e. The lowest BCUT2D eigenvalue weighted by molar-refractivity contribution is 0.0586. The summed E-state index contributed by atoms with van der Waals surface area (Å²) in [5.41, 5.74) is 1.53. The van der Waals surface area contributed by atoms with E-state index in [1.807, 2.05) is 30.3 Å². The fraction of sp³-hybridized carbons (Fsp3) is 0.214. The molecule has 0 fully saturated rings. The Bertz CT molecular complexity index is 649. The van der Waals surface area contributed by atoms with Gasteiger partial charge in [0.2, 0.25) is 17.1 Å². The van der Waals surface area contributed by atoms with Crippen LogP contribution < -0.4 is 0 Å². The maximum atomic E-state index is 11.5. The second-order valence-electron chi connectivity index (χ2n) is 4.42. The van der Waals surface area contributed by atoms with Gasteiger partial charge < -0.3 is 4.74 Å². The lowest BCUT2D eigenvalue weighted by Crippen LogP contribution is -2.25. The van der Waals surface area contributed by atoms with E-state index < -0.39 is 17.2 Å². The summed E-state index contributed by atoms with van der Waals surface area (Å²) in [6.07, 6.45) is 2.87. The third-order valence-electron chi connectivity index (χ3n) is 2.85. The maximum absolute atomic E-state index is 11.5. The predicted octanol–water partition coefficient (Wildman–Crippen LogP) is 1.40. The first-order valence-electron chi connectivity index (χ1n) is 6.39. The summed E-state index contributed by atoms with van der Waals surface area (Å²) < 4.78 is 26.7. The van der Waals surface area contributed by atoms with Crippen LogP contribution in [-0.2, 0) is 29.1 Å². The number of carbonyl (C=O) groups excluding carboxylic acids is 1. The topological polar surface area (TPSA) is 92.6 Å². The molecule has 0 aliphatic carbocycles. The molecule has 1 unspecified atom stereocenters. The zero-order chi connectivity index (χ0) is 15.9. The van der Waals surface area contributed by atoms with Gasteiger partial charge in [0.15, 0.2) is 0 Å². The summed E-state index contributed by atoms with van der Waals surface area (Å²) in [7, 11) is 1.25. The van der Waals surface area contributed by atoms with E-state index >= 15 is 0 Å². The van der Waals surface area contributed by atoms with Crippen LogP contribution in [0, 0.1) is 0 Å². The summed E-state index contributed by atoms with van der Waals surface area (Å²) in [6, 6.07) is 9.35. The van der Waals surface area contributed by atoms with E-state index in [4.69, 9.17) is 0 Å². The zero-order valence-electron chi connectivity index (χ0n) is 11.9. The minimum atomic E-state index is -2.13. The molecule has 0 bridgehead atoms. The van der Waals surface area contributed by atoms with Crippen LogP contribution in [-0.4, -0.2) is 36.1 Å². The highest BCUT2D eigenvalue weighted by atomic mass is 32.2. The molecule has 2 rings (SSSR count). The van der Waals surface area contributed by atoms with Gasteiger partial charge in [-0.25, -0.2) is 19.0 Å². The highest BCUT2D eigenvalue weighted by Crippen LogP contribution is 2.10. The monoisotopic (exact) mass is 321 g/mol. The van der Waals surface area contributed by atoms with Crippen molar-refractivity contribution in [1.29, 1.82) is 0 Å². The van der Waals surface area contributed by atoms with Crippen LogP contribution in [0.15, 0.2) is 42.7 Å². The van der Waals surface area contributed by atoms with E-state index in [2.05, 4.69) is 14.7 Å². The molecule has 0 amide bonds. The minimum Gasteiger partial charge on any atom is -0.463 e. The number of hydrogen-bond donors (Lipinski definition) is 1. The van der Waals surface area contributed by atoms with Crippen molar-refractivity contribution >= 4 is 17.2 Å². The summed E-state index contributed by atoms with van der Waals surface area (Å²) >= 11 is -2.13. The Morgan fingerprint density at radius 3 is 2.32 bits per heavy atom. The Morgan fingerprint density at radius 1 is 1.18 bits per heavy atom. The molecule has 0 aliphatic heterocycles. The van der Waals surface area contributed by atoms with Crippen molar-refractivity contribution in [2.75, 3.05) is 7.11 Å². The van der Waals surface area contributed by atoms with Crippen LogP contribution in [0.2, 0.25) is 0 Å². The number of aromatic nitrogens is 2. The Labute approximate surface area is 130 Å². The fourth-order valence-corrected chi connectivity index (χ4v) is 2.31. The van der Waals surface area contributed by atoms with E-state index in [1.165, 1.54) is 23.8 Å². The molecule has 1 aromatic carbocycles. The van der Waals surface area contributed by atoms with Gasteiger partial charge >= 0.3 is 5.97 Å². The molecule has 0 aliphatic rings. The van der Waals surface area contributed by atoms with Crippen LogP contribution in [0.25, 0.3) is 0 Å². The maximum Gasteiger partial charge on any atom is 0.376 e. The molecule has 1 atom stereocenters. The number of nitrogens with zero attached hydrogens (tertiary/aromatic N) is 3. The Hall–Kier alpha value is -2.16. The van der Waals surface area contributed by atoms with Crippen molar-refractivity contribution in [2.45, 2.75) is 13.1 Å². The van der Waals surface area contributed by atoms with Crippen molar-refractivity contribution < 1.29 is 18.3 Å². The van der Waals surface area contributed by atoms with Gasteiger partial charge in [-0.3, -0.25) is 4.55 Å². The van der Waals surface area contributed by atoms with Gasteiger partial charge in [0, 0.05) is 31.0 Å². The average Bonchev–Trinajstić information content (AvgIpc) is 2.55. The summed E-state index contributed by atoms with van der Waals surface area (Å²) in [5.74, 6) is -0.676. The number of hydrogen-bond acceptors (Lipinski definition) is 5. The van der Waals surface area contributed by atoms with E-state index in [0.29, 0.717) is 12.1 Å². The lowest BCUT2D eigenvalue weighted by atomic mass is 10.2. The van der Waals surface area contributed by atoms with Crippen LogP contribution >= 0.6 is 0 Å². The molecule has 2 aromatic rings. The van der Waals surface area contributed by atoms with Gasteiger partial charge in [-0.2, -0.15) is 4.31 Å². The molecular formula is C14H15N3O4S. The van der Waals surface area contributed by atoms with E-state index in [1.54, 1.807) is 0 Å². The van der Waals surface area contributed by atoms with Crippen molar-refractivity contribution in [1.82, 2.24) is 14.3 Å². The number of ether oxygens (including phenoxy) is 1. The zero-order valence-corrected chi connectivity index (χ0v) is 12.7. The summed E-state index contributed by atoms with van der Waals surface area (Å²) in [5, 5.41) is 0. The SMILES string of the molecule is COC(=O)c1ncc(CN(Cc2ccccc2)S(=O)O)cn1. The molecule has 22 heavy (non-hydrogen) atoms. The van der Waals surface area contributed by atoms with Gasteiger partial charge in [0.25, 0.3) is 0 Å². The van der Waals surface area contributed by atoms with Crippen molar-refractivity contribution in [3.05, 3.63) is 59.7 Å².